The Bertz CT molecular complexity index is 686. The van der Waals surface area contributed by atoms with Crippen LogP contribution in [-0.2, 0) is 6.42 Å². The number of hydrogen-bond donors (Lipinski definition) is 1. The Kier molecular flexibility index (Phi) is 2.95. The first-order valence-electron chi connectivity index (χ1n) is 7.24. The Balaban J connectivity index is 1.58. The fourth-order valence-electron chi connectivity index (χ4n) is 3.07. The fourth-order valence-corrected chi connectivity index (χ4v) is 3.07. The Hall–Kier alpha value is -2.23. The average Bonchev–Trinajstić information content (AvgIpc) is 2.89. The molecule has 0 radical (unpaired) electrons. The molecule has 0 amide bonds. The largest absolute Gasteiger partial charge is 0.486 e. The molecule has 1 N–H and O–H groups in total. The third-order valence-corrected chi connectivity index (χ3v) is 4.07. The summed E-state index contributed by atoms with van der Waals surface area (Å²) in [5.74, 6) is 1.41. The van der Waals surface area contributed by atoms with Gasteiger partial charge in [0.25, 0.3) is 0 Å². The molecule has 0 aromatic heterocycles. The quantitative estimate of drug-likeness (QED) is 0.912. The summed E-state index contributed by atoms with van der Waals surface area (Å²) in [5, 5.41) is 3.51. The fraction of sp³-hybridized carbons (Fsp3) is 0.294. The van der Waals surface area contributed by atoms with Crippen molar-refractivity contribution in [3.63, 3.8) is 0 Å². The van der Waals surface area contributed by atoms with E-state index in [1.54, 1.807) is 6.07 Å². The first-order chi connectivity index (χ1) is 10.3. The van der Waals surface area contributed by atoms with Crippen molar-refractivity contribution in [2.75, 3.05) is 18.5 Å². The molecule has 4 rings (SSSR count). The van der Waals surface area contributed by atoms with Crippen LogP contribution in [0.25, 0.3) is 0 Å². The molecule has 2 aliphatic rings. The van der Waals surface area contributed by atoms with E-state index >= 15 is 0 Å². The van der Waals surface area contributed by atoms with Crippen LogP contribution in [0.1, 0.15) is 23.6 Å². The van der Waals surface area contributed by atoms with E-state index in [1.165, 1.54) is 11.6 Å². The molecule has 1 heterocycles. The van der Waals surface area contributed by atoms with Gasteiger partial charge in [0.2, 0.25) is 0 Å². The zero-order chi connectivity index (χ0) is 14.2. The molecule has 1 unspecified atom stereocenters. The van der Waals surface area contributed by atoms with Crippen LogP contribution in [0.5, 0.6) is 11.5 Å². The minimum Gasteiger partial charge on any atom is -0.486 e. The number of anilines is 1. The van der Waals surface area contributed by atoms with Crippen LogP contribution in [-0.4, -0.2) is 13.2 Å². The van der Waals surface area contributed by atoms with Gasteiger partial charge in [-0.1, -0.05) is 6.07 Å². The van der Waals surface area contributed by atoms with Crippen LogP contribution in [0.3, 0.4) is 0 Å². The second-order valence-electron chi connectivity index (χ2n) is 5.44. The normalized spacial score (nSPS) is 19.2. The van der Waals surface area contributed by atoms with Crippen molar-refractivity contribution in [3.8, 4) is 11.5 Å². The molecular formula is C17H16FNO2. The van der Waals surface area contributed by atoms with Crippen molar-refractivity contribution in [1.82, 2.24) is 0 Å². The maximum Gasteiger partial charge on any atom is 0.163 e. The summed E-state index contributed by atoms with van der Waals surface area (Å²) in [6.45, 7) is 1.18. The van der Waals surface area contributed by atoms with E-state index in [-0.39, 0.29) is 11.9 Å². The molecular weight excluding hydrogens is 269 g/mol. The van der Waals surface area contributed by atoms with Crippen molar-refractivity contribution in [1.29, 1.82) is 0 Å². The molecule has 1 aliphatic carbocycles. The lowest BCUT2D eigenvalue weighted by atomic mass is 10.1. The van der Waals surface area contributed by atoms with Gasteiger partial charge in [0.05, 0.1) is 6.04 Å². The molecule has 1 atom stereocenters. The lowest BCUT2D eigenvalue weighted by molar-refractivity contribution is 0.171. The van der Waals surface area contributed by atoms with Gasteiger partial charge in [-0.05, 0) is 48.2 Å². The highest BCUT2D eigenvalue weighted by atomic mass is 19.1. The number of nitrogens with one attached hydrogen (secondary N) is 1. The van der Waals surface area contributed by atoms with Crippen molar-refractivity contribution in [3.05, 3.63) is 53.3 Å². The van der Waals surface area contributed by atoms with Crippen molar-refractivity contribution in [2.24, 2.45) is 0 Å². The smallest absolute Gasteiger partial charge is 0.163 e. The minimum absolute atomic E-state index is 0.159. The molecule has 0 bridgehead atoms. The predicted octanol–water partition coefficient (Wildman–Crippen LogP) is 3.70. The zero-order valence-corrected chi connectivity index (χ0v) is 11.6. The Morgan fingerprint density at radius 3 is 2.76 bits per heavy atom. The van der Waals surface area contributed by atoms with E-state index in [4.69, 9.17) is 9.47 Å². The monoisotopic (exact) mass is 285 g/mol. The maximum absolute atomic E-state index is 13.3. The topological polar surface area (TPSA) is 30.5 Å². The van der Waals surface area contributed by atoms with E-state index in [9.17, 15) is 4.39 Å². The molecule has 0 fully saturated rings. The van der Waals surface area contributed by atoms with Gasteiger partial charge in [0.1, 0.15) is 19.0 Å². The van der Waals surface area contributed by atoms with E-state index in [2.05, 4.69) is 5.32 Å². The summed E-state index contributed by atoms with van der Waals surface area (Å²) in [7, 11) is 0. The van der Waals surface area contributed by atoms with E-state index < -0.39 is 0 Å². The zero-order valence-electron chi connectivity index (χ0n) is 11.6. The Labute approximate surface area is 122 Å². The van der Waals surface area contributed by atoms with Gasteiger partial charge >= 0.3 is 0 Å². The number of halogens is 1. The van der Waals surface area contributed by atoms with Crippen LogP contribution in [0.15, 0.2) is 36.4 Å². The van der Waals surface area contributed by atoms with E-state index in [0.29, 0.717) is 13.2 Å². The summed E-state index contributed by atoms with van der Waals surface area (Å²) < 4.78 is 24.4. The van der Waals surface area contributed by atoms with Gasteiger partial charge in [0.15, 0.2) is 11.5 Å². The molecule has 2 aromatic rings. The van der Waals surface area contributed by atoms with E-state index in [0.717, 1.165) is 35.6 Å². The number of hydrogen-bond acceptors (Lipinski definition) is 3. The summed E-state index contributed by atoms with van der Waals surface area (Å²) in [4.78, 5) is 0. The molecule has 108 valence electrons. The van der Waals surface area contributed by atoms with Gasteiger partial charge in [-0.2, -0.15) is 0 Å². The number of benzene rings is 2. The molecule has 3 nitrogen and oxygen atoms in total. The third-order valence-electron chi connectivity index (χ3n) is 4.07. The highest BCUT2D eigenvalue weighted by Gasteiger charge is 2.23. The average molecular weight is 285 g/mol. The molecule has 4 heteroatoms. The first-order valence-corrected chi connectivity index (χ1v) is 7.24. The van der Waals surface area contributed by atoms with Gasteiger partial charge in [-0.15, -0.1) is 0 Å². The summed E-state index contributed by atoms with van der Waals surface area (Å²) in [5.41, 5.74) is 3.29. The van der Waals surface area contributed by atoms with Crippen LogP contribution >= 0.6 is 0 Å². The summed E-state index contributed by atoms with van der Waals surface area (Å²) in [6, 6.07) is 11.2. The number of rotatable bonds is 2. The Morgan fingerprint density at radius 2 is 1.86 bits per heavy atom. The van der Waals surface area contributed by atoms with Crippen molar-refractivity contribution >= 4 is 5.69 Å². The maximum atomic E-state index is 13.3. The van der Waals surface area contributed by atoms with Gasteiger partial charge < -0.3 is 14.8 Å². The van der Waals surface area contributed by atoms with Crippen molar-refractivity contribution in [2.45, 2.75) is 18.9 Å². The first kappa shape index (κ1) is 12.5. The Morgan fingerprint density at radius 1 is 1.00 bits per heavy atom. The van der Waals surface area contributed by atoms with E-state index in [1.807, 2.05) is 24.3 Å². The second kappa shape index (κ2) is 4.95. The van der Waals surface area contributed by atoms with Crippen LogP contribution < -0.4 is 14.8 Å². The molecule has 0 saturated heterocycles. The SMILES string of the molecule is Fc1ccc2c(c1)CCC2Nc1ccc2c(c1)OCCO2. The molecule has 2 aromatic carbocycles. The predicted molar refractivity (Wildman–Crippen MR) is 78.5 cm³/mol. The summed E-state index contributed by atoms with van der Waals surface area (Å²) >= 11 is 0. The molecule has 1 aliphatic heterocycles. The van der Waals surface area contributed by atoms with Crippen LogP contribution in [0, 0.1) is 5.82 Å². The molecule has 0 spiro atoms. The lowest BCUT2D eigenvalue weighted by Crippen LogP contribution is -2.15. The number of aryl methyl sites for hydroxylation is 1. The highest BCUT2D eigenvalue weighted by molar-refractivity contribution is 5.57. The molecule has 21 heavy (non-hydrogen) atoms. The highest BCUT2D eigenvalue weighted by Crippen LogP contribution is 2.37. The number of ether oxygens (including phenoxy) is 2. The van der Waals surface area contributed by atoms with Crippen molar-refractivity contribution < 1.29 is 13.9 Å². The van der Waals surface area contributed by atoms with Gasteiger partial charge in [-0.3, -0.25) is 0 Å². The standard InChI is InChI=1S/C17H16FNO2/c18-12-2-4-14-11(9-12)1-5-15(14)19-13-3-6-16-17(10-13)21-8-7-20-16/h2-4,6,9-10,15,19H,1,5,7-8H2. The van der Waals surface area contributed by atoms with Crippen LogP contribution in [0.2, 0.25) is 0 Å². The third kappa shape index (κ3) is 2.31. The molecule has 0 saturated carbocycles. The second-order valence-corrected chi connectivity index (χ2v) is 5.44. The van der Waals surface area contributed by atoms with Gasteiger partial charge in [0, 0.05) is 11.8 Å². The summed E-state index contributed by atoms with van der Waals surface area (Å²) in [6.07, 6.45) is 1.89. The van der Waals surface area contributed by atoms with Gasteiger partial charge in [-0.25, -0.2) is 4.39 Å². The van der Waals surface area contributed by atoms with Crippen LogP contribution in [0.4, 0.5) is 10.1 Å². The lowest BCUT2D eigenvalue weighted by Gasteiger charge is -2.21. The number of fused-ring (bicyclic) bond motifs is 2. The minimum atomic E-state index is -0.159.